The van der Waals surface area contributed by atoms with Crippen molar-refractivity contribution in [2.24, 2.45) is 0 Å². The molecule has 22 heavy (non-hydrogen) atoms. The van der Waals surface area contributed by atoms with Gasteiger partial charge in [-0.05, 0) is 13.0 Å². The average molecular weight is 310 g/mol. The minimum Gasteiger partial charge on any atom is -0.449 e. The van der Waals surface area contributed by atoms with Crippen molar-refractivity contribution < 1.29 is 39.2 Å². The summed E-state index contributed by atoms with van der Waals surface area (Å²) in [6.45, 7) is 4.04. The first-order valence-electron chi connectivity index (χ1n) is 6.02. The van der Waals surface area contributed by atoms with Crippen LogP contribution in [0.1, 0.15) is 28.9 Å². The number of ether oxygens (including phenoxy) is 2. The Kier molecular flexibility index (Phi) is 5.79. The van der Waals surface area contributed by atoms with E-state index in [9.17, 15) is 19.5 Å². The van der Waals surface area contributed by atoms with Crippen LogP contribution in [0.15, 0.2) is 30.4 Å². The highest BCUT2D eigenvalue weighted by Gasteiger charge is 2.25. The van der Waals surface area contributed by atoms with Crippen LogP contribution in [0.4, 0.5) is 4.79 Å². The number of esters is 2. The Balaban J connectivity index is 3.36. The Morgan fingerprint density at radius 2 is 1.95 bits per heavy atom. The number of carbonyl (C=O) groups excluding carboxylic acids is 2. The first-order chi connectivity index (χ1) is 10.3. The molecule has 0 saturated heterocycles. The van der Waals surface area contributed by atoms with Gasteiger partial charge in [0.1, 0.15) is 11.7 Å². The maximum absolute atomic E-state index is 11.7. The Bertz CT molecular complexity index is 619. The summed E-state index contributed by atoms with van der Waals surface area (Å²) >= 11 is 0. The standard InChI is InChI=1S/C14H14O8/c1-7(2)12(17)21-11-8(10(16)6-15)4-3-5-9(11)13(18)22-14(19)20/h3-5,10,15-16H,1,6H2,2H3,(H,19,20). The molecule has 1 atom stereocenters. The van der Waals surface area contributed by atoms with Crippen LogP contribution in [-0.4, -0.2) is 40.0 Å². The topological polar surface area (TPSA) is 130 Å². The molecule has 0 aliphatic heterocycles. The zero-order valence-electron chi connectivity index (χ0n) is 11.6. The van der Waals surface area contributed by atoms with Crippen LogP contribution in [0.3, 0.4) is 0 Å². The number of benzene rings is 1. The SMILES string of the molecule is C=C(C)C(=O)Oc1c(C(=O)OC(=O)O)cccc1C(O)CO. The summed E-state index contributed by atoms with van der Waals surface area (Å²) < 4.78 is 8.97. The number of aliphatic hydroxyl groups excluding tert-OH is 2. The Morgan fingerprint density at radius 3 is 2.45 bits per heavy atom. The summed E-state index contributed by atoms with van der Waals surface area (Å²) in [7, 11) is 0. The van der Waals surface area contributed by atoms with Crippen LogP contribution in [0.5, 0.6) is 5.75 Å². The van der Waals surface area contributed by atoms with E-state index in [2.05, 4.69) is 11.3 Å². The third-order valence-electron chi connectivity index (χ3n) is 2.52. The van der Waals surface area contributed by atoms with Gasteiger partial charge < -0.3 is 24.8 Å². The fourth-order valence-corrected chi connectivity index (χ4v) is 1.50. The fourth-order valence-electron chi connectivity index (χ4n) is 1.50. The van der Waals surface area contributed by atoms with Gasteiger partial charge in [0.05, 0.1) is 6.61 Å². The van der Waals surface area contributed by atoms with E-state index in [1.165, 1.54) is 19.1 Å². The lowest BCUT2D eigenvalue weighted by Crippen LogP contribution is -2.18. The van der Waals surface area contributed by atoms with Gasteiger partial charge in [-0.1, -0.05) is 18.7 Å². The fraction of sp³-hybridized carbons (Fsp3) is 0.214. The summed E-state index contributed by atoms with van der Waals surface area (Å²) in [6, 6.07) is 3.77. The van der Waals surface area contributed by atoms with E-state index in [-0.39, 0.29) is 16.7 Å². The zero-order chi connectivity index (χ0) is 16.9. The first-order valence-corrected chi connectivity index (χ1v) is 6.02. The number of hydrogen-bond donors (Lipinski definition) is 3. The number of carbonyl (C=O) groups is 3. The molecule has 118 valence electrons. The number of hydrogen-bond acceptors (Lipinski definition) is 7. The van der Waals surface area contributed by atoms with E-state index in [0.717, 1.165) is 6.07 Å². The second-order valence-corrected chi connectivity index (χ2v) is 4.25. The van der Waals surface area contributed by atoms with Crippen molar-refractivity contribution in [2.45, 2.75) is 13.0 Å². The largest absolute Gasteiger partial charge is 0.513 e. The quantitative estimate of drug-likeness (QED) is 0.318. The average Bonchev–Trinajstić information content (AvgIpc) is 2.45. The molecule has 1 aromatic carbocycles. The van der Waals surface area contributed by atoms with Crippen molar-refractivity contribution in [3.63, 3.8) is 0 Å². The second-order valence-electron chi connectivity index (χ2n) is 4.25. The third-order valence-corrected chi connectivity index (χ3v) is 2.52. The summed E-state index contributed by atoms with van der Waals surface area (Å²) in [5.74, 6) is -2.57. The smallest absolute Gasteiger partial charge is 0.449 e. The van der Waals surface area contributed by atoms with Crippen LogP contribution in [0.2, 0.25) is 0 Å². The molecule has 0 fully saturated rings. The van der Waals surface area contributed by atoms with Gasteiger partial charge in [-0.3, -0.25) is 0 Å². The highest BCUT2D eigenvalue weighted by Crippen LogP contribution is 2.30. The molecule has 1 unspecified atom stereocenters. The normalized spacial score (nSPS) is 11.4. The van der Waals surface area contributed by atoms with Gasteiger partial charge in [0.15, 0.2) is 5.75 Å². The van der Waals surface area contributed by atoms with Crippen LogP contribution in [-0.2, 0) is 9.53 Å². The number of carboxylic acid groups (broad SMARTS) is 1. The zero-order valence-corrected chi connectivity index (χ0v) is 11.6. The molecule has 8 heteroatoms. The van der Waals surface area contributed by atoms with Gasteiger partial charge in [-0.15, -0.1) is 0 Å². The van der Waals surface area contributed by atoms with Gasteiger partial charge >= 0.3 is 18.1 Å². The van der Waals surface area contributed by atoms with Gasteiger partial charge in [-0.25, -0.2) is 14.4 Å². The van der Waals surface area contributed by atoms with Crippen LogP contribution in [0, 0.1) is 0 Å². The highest BCUT2D eigenvalue weighted by molar-refractivity contribution is 5.99. The minimum absolute atomic E-state index is 0.0193. The predicted octanol–water partition coefficient (Wildman–Crippen LogP) is 1.03. The van der Waals surface area contributed by atoms with Gasteiger partial charge in [0.25, 0.3) is 0 Å². The molecule has 0 aromatic heterocycles. The molecule has 8 nitrogen and oxygen atoms in total. The lowest BCUT2D eigenvalue weighted by Gasteiger charge is -2.16. The Hall–Kier alpha value is -2.71. The Morgan fingerprint density at radius 1 is 1.32 bits per heavy atom. The number of aliphatic hydroxyl groups is 2. The summed E-state index contributed by atoms with van der Waals surface area (Å²) in [6.07, 6.45) is -3.28. The van der Waals surface area contributed by atoms with Crippen molar-refractivity contribution in [2.75, 3.05) is 6.61 Å². The monoisotopic (exact) mass is 310 g/mol. The molecule has 1 rings (SSSR count). The molecule has 0 heterocycles. The molecule has 0 radical (unpaired) electrons. The second kappa shape index (κ2) is 7.34. The van der Waals surface area contributed by atoms with E-state index < -0.39 is 36.6 Å². The predicted molar refractivity (Wildman–Crippen MR) is 72.4 cm³/mol. The molecule has 0 saturated carbocycles. The van der Waals surface area contributed by atoms with Crippen molar-refractivity contribution in [1.82, 2.24) is 0 Å². The van der Waals surface area contributed by atoms with Crippen LogP contribution >= 0.6 is 0 Å². The van der Waals surface area contributed by atoms with E-state index in [4.69, 9.17) is 14.9 Å². The molecule has 3 N–H and O–H groups in total. The van der Waals surface area contributed by atoms with Crippen molar-refractivity contribution in [1.29, 1.82) is 0 Å². The van der Waals surface area contributed by atoms with E-state index in [0.29, 0.717) is 0 Å². The van der Waals surface area contributed by atoms with Gasteiger partial charge in [0.2, 0.25) is 0 Å². The molecule has 0 amide bonds. The summed E-state index contributed by atoms with van der Waals surface area (Å²) in [4.78, 5) is 33.8. The molecule has 0 bridgehead atoms. The highest BCUT2D eigenvalue weighted by atomic mass is 16.7. The van der Waals surface area contributed by atoms with Crippen molar-refractivity contribution in [3.05, 3.63) is 41.5 Å². The number of rotatable bonds is 5. The van der Waals surface area contributed by atoms with E-state index >= 15 is 0 Å². The summed E-state index contributed by atoms with van der Waals surface area (Å²) in [5, 5.41) is 27.2. The lowest BCUT2D eigenvalue weighted by molar-refractivity contribution is -0.130. The molecular formula is C14H14O8. The molecule has 0 spiro atoms. The molecule has 0 aliphatic carbocycles. The van der Waals surface area contributed by atoms with Gasteiger partial charge in [0, 0.05) is 11.1 Å². The van der Waals surface area contributed by atoms with Gasteiger partial charge in [-0.2, -0.15) is 0 Å². The molecule has 0 aliphatic rings. The van der Waals surface area contributed by atoms with Crippen LogP contribution < -0.4 is 4.74 Å². The van der Waals surface area contributed by atoms with Crippen molar-refractivity contribution in [3.8, 4) is 5.75 Å². The lowest BCUT2D eigenvalue weighted by atomic mass is 10.0. The minimum atomic E-state index is -1.84. The van der Waals surface area contributed by atoms with E-state index in [1.54, 1.807) is 0 Å². The van der Waals surface area contributed by atoms with Crippen molar-refractivity contribution >= 4 is 18.1 Å². The first kappa shape index (κ1) is 17.3. The molecule has 1 aromatic rings. The maximum Gasteiger partial charge on any atom is 0.513 e. The van der Waals surface area contributed by atoms with Crippen LogP contribution in [0.25, 0.3) is 0 Å². The van der Waals surface area contributed by atoms with E-state index in [1.807, 2.05) is 0 Å². The third kappa shape index (κ3) is 4.14. The summed E-state index contributed by atoms with van der Waals surface area (Å²) in [5.41, 5.74) is -0.440. The Labute approximate surface area is 125 Å². The number of para-hydroxylation sites is 1. The molecular weight excluding hydrogens is 296 g/mol. The maximum atomic E-state index is 11.7.